The third-order valence-electron chi connectivity index (χ3n) is 2.35. The Bertz CT molecular complexity index is 477. The van der Waals surface area contributed by atoms with Crippen molar-refractivity contribution in [3.05, 3.63) is 10.8 Å². The highest BCUT2D eigenvalue weighted by molar-refractivity contribution is 7.16. The molecule has 0 amide bonds. The van der Waals surface area contributed by atoms with E-state index in [-0.39, 0.29) is 6.04 Å². The van der Waals surface area contributed by atoms with Crippen molar-refractivity contribution in [3.8, 4) is 0 Å². The van der Waals surface area contributed by atoms with Gasteiger partial charge in [0.15, 0.2) is 5.82 Å². The first kappa shape index (κ1) is 11.4. The molecule has 2 heterocycles. The Morgan fingerprint density at radius 1 is 1.44 bits per heavy atom. The van der Waals surface area contributed by atoms with Crippen molar-refractivity contribution in [3.63, 3.8) is 0 Å². The zero-order valence-electron chi connectivity index (χ0n) is 9.54. The van der Waals surface area contributed by atoms with E-state index in [1.807, 2.05) is 0 Å². The van der Waals surface area contributed by atoms with Crippen LogP contribution in [0.5, 0.6) is 0 Å². The van der Waals surface area contributed by atoms with Gasteiger partial charge in [0.1, 0.15) is 11.6 Å². The lowest BCUT2D eigenvalue weighted by Gasteiger charge is -2.10. The summed E-state index contributed by atoms with van der Waals surface area (Å²) in [5.74, 6) is 1.06. The smallest absolute Gasteiger partial charge is 0.234 e. The molecule has 0 saturated carbocycles. The lowest BCUT2D eigenvalue weighted by Crippen LogP contribution is -2.16. The summed E-state index contributed by atoms with van der Waals surface area (Å²) in [6.07, 6.45) is 0. The van der Waals surface area contributed by atoms with Crippen molar-refractivity contribution in [2.75, 3.05) is 7.11 Å². The SMILES string of the molecule is COCc1nnc2sc(C(N)C(C)C)nn12. The van der Waals surface area contributed by atoms with Crippen LogP contribution in [0.3, 0.4) is 0 Å². The van der Waals surface area contributed by atoms with Crippen molar-refractivity contribution >= 4 is 16.3 Å². The molecule has 0 aliphatic carbocycles. The zero-order chi connectivity index (χ0) is 11.7. The van der Waals surface area contributed by atoms with E-state index in [1.54, 1.807) is 11.6 Å². The number of hydrogen-bond donors (Lipinski definition) is 1. The van der Waals surface area contributed by atoms with Gasteiger partial charge in [-0.05, 0) is 5.92 Å². The van der Waals surface area contributed by atoms with Gasteiger partial charge in [0, 0.05) is 7.11 Å². The first-order valence-corrected chi connectivity index (χ1v) is 5.90. The van der Waals surface area contributed by atoms with Gasteiger partial charge < -0.3 is 10.5 Å². The molecule has 0 aliphatic heterocycles. The molecular formula is C9H15N5OS. The van der Waals surface area contributed by atoms with Crippen molar-refractivity contribution < 1.29 is 4.74 Å². The van der Waals surface area contributed by atoms with Gasteiger partial charge in [0.05, 0.1) is 6.04 Å². The Labute approximate surface area is 97.4 Å². The molecule has 0 spiro atoms. The van der Waals surface area contributed by atoms with Crippen LogP contribution in [0.4, 0.5) is 0 Å². The number of nitrogens with zero attached hydrogens (tertiary/aromatic N) is 4. The van der Waals surface area contributed by atoms with Gasteiger partial charge >= 0.3 is 0 Å². The molecule has 0 aromatic carbocycles. The van der Waals surface area contributed by atoms with Crippen LogP contribution in [0.15, 0.2) is 0 Å². The van der Waals surface area contributed by atoms with Crippen LogP contribution in [0.2, 0.25) is 0 Å². The van der Waals surface area contributed by atoms with Crippen LogP contribution in [-0.2, 0) is 11.3 Å². The molecule has 6 nitrogen and oxygen atoms in total. The van der Waals surface area contributed by atoms with Crippen LogP contribution in [0.25, 0.3) is 4.96 Å². The highest BCUT2D eigenvalue weighted by atomic mass is 32.1. The molecule has 2 aromatic heterocycles. The molecular weight excluding hydrogens is 226 g/mol. The number of fused-ring (bicyclic) bond motifs is 1. The van der Waals surface area contributed by atoms with E-state index in [1.165, 1.54) is 11.3 Å². The number of rotatable bonds is 4. The molecule has 1 unspecified atom stereocenters. The minimum absolute atomic E-state index is 0.0536. The largest absolute Gasteiger partial charge is 0.377 e. The summed E-state index contributed by atoms with van der Waals surface area (Å²) in [7, 11) is 1.62. The maximum absolute atomic E-state index is 6.04. The number of aromatic nitrogens is 4. The predicted octanol–water partition coefficient (Wildman–Crippen LogP) is 0.988. The van der Waals surface area contributed by atoms with E-state index < -0.39 is 0 Å². The van der Waals surface area contributed by atoms with Gasteiger partial charge in [-0.25, -0.2) is 0 Å². The standard InChI is InChI=1S/C9H15N5OS/c1-5(2)7(10)8-13-14-6(4-15-3)11-12-9(14)16-8/h5,7H,4,10H2,1-3H3. The lowest BCUT2D eigenvalue weighted by atomic mass is 10.1. The first-order chi connectivity index (χ1) is 7.63. The molecule has 1 atom stereocenters. The molecule has 2 rings (SSSR count). The molecule has 0 radical (unpaired) electrons. The van der Waals surface area contributed by atoms with Gasteiger partial charge in [-0.1, -0.05) is 25.2 Å². The van der Waals surface area contributed by atoms with Gasteiger partial charge in [-0.2, -0.15) is 9.61 Å². The fourth-order valence-electron chi connectivity index (χ4n) is 1.31. The summed E-state index contributed by atoms with van der Waals surface area (Å²) in [4.78, 5) is 0.762. The second-order valence-electron chi connectivity index (χ2n) is 3.95. The molecule has 2 aromatic rings. The summed E-state index contributed by atoms with van der Waals surface area (Å²) in [6, 6.07) is -0.0536. The summed E-state index contributed by atoms with van der Waals surface area (Å²) in [6.45, 7) is 4.55. The van der Waals surface area contributed by atoms with Crippen LogP contribution in [-0.4, -0.2) is 26.9 Å². The summed E-state index contributed by atoms with van der Waals surface area (Å²) < 4.78 is 6.72. The highest BCUT2D eigenvalue weighted by Gasteiger charge is 2.18. The number of hydrogen-bond acceptors (Lipinski definition) is 6. The quantitative estimate of drug-likeness (QED) is 0.863. The molecule has 7 heteroatoms. The minimum atomic E-state index is -0.0536. The Hall–Kier alpha value is -1.05. The molecule has 0 saturated heterocycles. The maximum Gasteiger partial charge on any atom is 0.234 e. The summed E-state index contributed by atoms with van der Waals surface area (Å²) >= 11 is 1.48. The Morgan fingerprint density at radius 3 is 2.81 bits per heavy atom. The van der Waals surface area contributed by atoms with Gasteiger partial charge in [0.25, 0.3) is 0 Å². The second kappa shape index (κ2) is 4.44. The highest BCUT2D eigenvalue weighted by Crippen LogP contribution is 2.24. The Kier molecular flexibility index (Phi) is 3.17. The van der Waals surface area contributed by atoms with Gasteiger partial charge in [0.2, 0.25) is 4.96 Å². The van der Waals surface area contributed by atoms with Crippen molar-refractivity contribution in [2.24, 2.45) is 11.7 Å². The fourth-order valence-corrected chi connectivity index (χ4v) is 2.34. The van der Waals surface area contributed by atoms with E-state index in [2.05, 4.69) is 29.1 Å². The van der Waals surface area contributed by atoms with Crippen LogP contribution < -0.4 is 5.73 Å². The zero-order valence-corrected chi connectivity index (χ0v) is 10.4. The van der Waals surface area contributed by atoms with Crippen LogP contribution >= 0.6 is 11.3 Å². The number of ether oxygens (including phenoxy) is 1. The lowest BCUT2D eigenvalue weighted by molar-refractivity contribution is 0.176. The second-order valence-corrected chi connectivity index (χ2v) is 4.94. The van der Waals surface area contributed by atoms with E-state index in [9.17, 15) is 0 Å². The van der Waals surface area contributed by atoms with Gasteiger partial charge in [-0.15, -0.1) is 10.2 Å². The van der Waals surface area contributed by atoms with Gasteiger partial charge in [-0.3, -0.25) is 0 Å². The average Bonchev–Trinajstić information content (AvgIpc) is 2.79. The van der Waals surface area contributed by atoms with E-state index >= 15 is 0 Å². The Balaban J connectivity index is 2.36. The van der Waals surface area contributed by atoms with E-state index in [0.29, 0.717) is 18.3 Å². The normalized spacial score (nSPS) is 13.8. The molecule has 88 valence electrons. The number of methoxy groups -OCH3 is 1. The number of nitrogens with two attached hydrogens (primary N) is 1. The molecule has 2 N–H and O–H groups in total. The van der Waals surface area contributed by atoms with E-state index in [0.717, 1.165) is 9.97 Å². The summed E-state index contributed by atoms with van der Waals surface area (Å²) in [5.41, 5.74) is 6.04. The first-order valence-electron chi connectivity index (χ1n) is 5.09. The Morgan fingerprint density at radius 2 is 2.19 bits per heavy atom. The van der Waals surface area contributed by atoms with Crippen molar-refractivity contribution in [2.45, 2.75) is 26.5 Å². The topological polar surface area (TPSA) is 78.3 Å². The summed E-state index contributed by atoms with van der Waals surface area (Å²) in [5, 5.41) is 13.3. The molecule has 0 fully saturated rings. The molecule has 0 bridgehead atoms. The van der Waals surface area contributed by atoms with Crippen LogP contribution in [0, 0.1) is 5.92 Å². The third kappa shape index (κ3) is 1.93. The molecule has 0 aliphatic rings. The van der Waals surface area contributed by atoms with Crippen molar-refractivity contribution in [1.82, 2.24) is 19.8 Å². The van der Waals surface area contributed by atoms with Crippen LogP contribution in [0.1, 0.15) is 30.7 Å². The minimum Gasteiger partial charge on any atom is -0.377 e. The average molecular weight is 241 g/mol. The van der Waals surface area contributed by atoms with Crippen molar-refractivity contribution in [1.29, 1.82) is 0 Å². The maximum atomic E-state index is 6.04. The monoisotopic (exact) mass is 241 g/mol. The fraction of sp³-hybridized carbons (Fsp3) is 0.667. The van der Waals surface area contributed by atoms with E-state index in [4.69, 9.17) is 10.5 Å². The predicted molar refractivity (Wildman–Crippen MR) is 61.1 cm³/mol. The molecule has 16 heavy (non-hydrogen) atoms. The third-order valence-corrected chi connectivity index (χ3v) is 3.35.